The molecule has 1 aromatic heterocycles. The predicted molar refractivity (Wildman–Crippen MR) is 60.2 cm³/mol. The quantitative estimate of drug-likeness (QED) is 0.828. The van der Waals surface area contributed by atoms with Crippen LogP contribution in [0.4, 0.5) is 0 Å². The third-order valence-electron chi connectivity index (χ3n) is 4.26. The van der Waals surface area contributed by atoms with Crippen molar-refractivity contribution in [3.05, 3.63) is 11.7 Å². The molecule has 1 atom stereocenters. The third-order valence-corrected chi connectivity index (χ3v) is 4.26. The molecule has 2 aliphatic rings. The number of rotatable bonds is 2. The van der Waals surface area contributed by atoms with Gasteiger partial charge >= 0.3 is 0 Å². The SMILES string of the molecule is CCc1noc([C@H]2CNCC23CCCC3)n1. The average Bonchev–Trinajstić information content (AvgIpc) is 3.01. The molecule has 1 N–H and O–H groups in total. The Morgan fingerprint density at radius 3 is 2.94 bits per heavy atom. The number of hydrogen-bond acceptors (Lipinski definition) is 4. The molecule has 4 nitrogen and oxygen atoms in total. The molecule has 1 spiro atoms. The Hall–Kier alpha value is -0.900. The van der Waals surface area contributed by atoms with Crippen LogP contribution in [0.5, 0.6) is 0 Å². The normalized spacial score (nSPS) is 27.9. The van der Waals surface area contributed by atoms with Gasteiger partial charge in [-0.05, 0) is 18.3 Å². The fourth-order valence-electron chi connectivity index (χ4n) is 3.31. The Kier molecular flexibility index (Phi) is 2.46. The summed E-state index contributed by atoms with van der Waals surface area (Å²) in [6, 6.07) is 0. The van der Waals surface area contributed by atoms with Gasteiger partial charge in [-0.2, -0.15) is 4.98 Å². The van der Waals surface area contributed by atoms with E-state index in [1.54, 1.807) is 0 Å². The first-order valence-corrected chi connectivity index (χ1v) is 6.37. The van der Waals surface area contributed by atoms with E-state index < -0.39 is 0 Å². The van der Waals surface area contributed by atoms with E-state index in [1.807, 2.05) is 0 Å². The summed E-state index contributed by atoms with van der Waals surface area (Å²) < 4.78 is 5.43. The van der Waals surface area contributed by atoms with Crippen LogP contribution in [-0.2, 0) is 6.42 Å². The minimum absolute atomic E-state index is 0.414. The van der Waals surface area contributed by atoms with Crippen molar-refractivity contribution in [2.45, 2.75) is 44.9 Å². The van der Waals surface area contributed by atoms with Crippen LogP contribution in [0.1, 0.15) is 50.2 Å². The van der Waals surface area contributed by atoms with Crippen molar-refractivity contribution in [3.8, 4) is 0 Å². The molecule has 0 aromatic carbocycles. The van der Waals surface area contributed by atoms with Gasteiger partial charge in [0.05, 0.1) is 5.92 Å². The van der Waals surface area contributed by atoms with Gasteiger partial charge in [-0.25, -0.2) is 0 Å². The van der Waals surface area contributed by atoms with Crippen LogP contribution in [0.3, 0.4) is 0 Å². The molecule has 1 saturated carbocycles. The molecule has 88 valence electrons. The zero-order chi connectivity index (χ0) is 11.0. The number of nitrogens with zero attached hydrogens (tertiary/aromatic N) is 2. The average molecular weight is 221 g/mol. The van der Waals surface area contributed by atoms with E-state index in [4.69, 9.17) is 4.52 Å². The molecule has 0 bridgehead atoms. The van der Waals surface area contributed by atoms with E-state index >= 15 is 0 Å². The van der Waals surface area contributed by atoms with Crippen LogP contribution >= 0.6 is 0 Å². The van der Waals surface area contributed by atoms with Crippen molar-refractivity contribution in [3.63, 3.8) is 0 Å². The molecule has 4 heteroatoms. The minimum Gasteiger partial charge on any atom is -0.339 e. The molecule has 1 aliphatic carbocycles. The van der Waals surface area contributed by atoms with E-state index in [9.17, 15) is 0 Å². The van der Waals surface area contributed by atoms with Crippen molar-refractivity contribution in [1.29, 1.82) is 0 Å². The number of aromatic nitrogens is 2. The van der Waals surface area contributed by atoms with Crippen molar-refractivity contribution in [1.82, 2.24) is 15.5 Å². The van der Waals surface area contributed by atoms with E-state index in [-0.39, 0.29) is 0 Å². The van der Waals surface area contributed by atoms with Gasteiger partial charge in [0.1, 0.15) is 0 Å². The van der Waals surface area contributed by atoms with Gasteiger partial charge in [0.15, 0.2) is 5.82 Å². The first-order chi connectivity index (χ1) is 7.84. The lowest BCUT2D eigenvalue weighted by Crippen LogP contribution is -2.25. The highest BCUT2D eigenvalue weighted by molar-refractivity contribution is 5.10. The van der Waals surface area contributed by atoms with E-state index in [2.05, 4.69) is 22.4 Å². The van der Waals surface area contributed by atoms with Gasteiger partial charge in [-0.15, -0.1) is 0 Å². The summed E-state index contributed by atoms with van der Waals surface area (Å²) in [5.41, 5.74) is 0.414. The van der Waals surface area contributed by atoms with Crippen LogP contribution < -0.4 is 5.32 Å². The highest BCUT2D eigenvalue weighted by atomic mass is 16.5. The van der Waals surface area contributed by atoms with Gasteiger partial charge in [-0.3, -0.25) is 0 Å². The highest BCUT2D eigenvalue weighted by Crippen LogP contribution is 2.50. The molecule has 1 aromatic rings. The number of aryl methyl sites for hydroxylation is 1. The molecule has 3 rings (SSSR count). The van der Waals surface area contributed by atoms with E-state index in [1.165, 1.54) is 25.7 Å². The van der Waals surface area contributed by atoms with E-state index in [0.29, 0.717) is 11.3 Å². The second kappa shape index (κ2) is 3.84. The Balaban J connectivity index is 1.87. The fraction of sp³-hybridized carbons (Fsp3) is 0.833. The smallest absolute Gasteiger partial charge is 0.231 e. The summed E-state index contributed by atoms with van der Waals surface area (Å²) in [5, 5.41) is 7.52. The molecule has 2 fully saturated rings. The Labute approximate surface area is 95.8 Å². The van der Waals surface area contributed by atoms with Crippen LogP contribution in [0, 0.1) is 5.41 Å². The standard InChI is InChI=1S/C12H19N3O/c1-2-10-14-11(16-15-10)9-7-13-8-12(9)5-3-4-6-12/h9,13H,2-8H2,1H3/t9-/m1/s1. The van der Waals surface area contributed by atoms with Gasteiger partial charge < -0.3 is 9.84 Å². The number of hydrogen-bond donors (Lipinski definition) is 1. The molecule has 2 heterocycles. The van der Waals surface area contributed by atoms with Gasteiger partial charge in [0, 0.05) is 19.5 Å². The molecule has 16 heavy (non-hydrogen) atoms. The first-order valence-electron chi connectivity index (χ1n) is 6.37. The van der Waals surface area contributed by atoms with Crippen molar-refractivity contribution < 1.29 is 4.52 Å². The predicted octanol–water partition coefficient (Wildman–Crippen LogP) is 1.88. The Morgan fingerprint density at radius 2 is 2.25 bits per heavy atom. The summed E-state index contributed by atoms with van der Waals surface area (Å²) in [6.07, 6.45) is 6.19. The maximum atomic E-state index is 5.43. The van der Waals surface area contributed by atoms with E-state index in [0.717, 1.165) is 31.2 Å². The second-order valence-corrected chi connectivity index (χ2v) is 5.16. The first kappa shape index (κ1) is 10.3. The zero-order valence-corrected chi connectivity index (χ0v) is 9.83. The minimum atomic E-state index is 0.414. The summed E-state index contributed by atoms with van der Waals surface area (Å²) in [5.74, 6) is 2.15. The van der Waals surface area contributed by atoms with Crippen LogP contribution in [0.2, 0.25) is 0 Å². The molecule has 1 saturated heterocycles. The van der Waals surface area contributed by atoms with Gasteiger partial charge in [-0.1, -0.05) is 24.9 Å². The Bertz CT molecular complexity index is 363. The largest absolute Gasteiger partial charge is 0.339 e. The third kappa shape index (κ3) is 1.47. The monoisotopic (exact) mass is 221 g/mol. The lowest BCUT2D eigenvalue weighted by molar-refractivity contribution is 0.241. The lowest BCUT2D eigenvalue weighted by atomic mass is 9.76. The molecule has 0 radical (unpaired) electrons. The maximum Gasteiger partial charge on any atom is 0.231 e. The Morgan fingerprint density at radius 1 is 1.44 bits per heavy atom. The van der Waals surface area contributed by atoms with Gasteiger partial charge in [0.2, 0.25) is 5.89 Å². The lowest BCUT2D eigenvalue weighted by Gasteiger charge is -2.27. The molecular weight excluding hydrogens is 202 g/mol. The summed E-state index contributed by atoms with van der Waals surface area (Å²) >= 11 is 0. The maximum absolute atomic E-state index is 5.43. The highest BCUT2D eigenvalue weighted by Gasteiger charge is 2.47. The van der Waals surface area contributed by atoms with Gasteiger partial charge in [0.25, 0.3) is 0 Å². The van der Waals surface area contributed by atoms with Crippen molar-refractivity contribution in [2.75, 3.05) is 13.1 Å². The summed E-state index contributed by atoms with van der Waals surface area (Å²) in [6.45, 7) is 4.19. The number of nitrogens with one attached hydrogen (secondary N) is 1. The molecule has 1 aliphatic heterocycles. The van der Waals surface area contributed by atoms with Crippen molar-refractivity contribution in [2.24, 2.45) is 5.41 Å². The molecule has 0 amide bonds. The fourth-order valence-corrected chi connectivity index (χ4v) is 3.31. The van der Waals surface area contributed by atoms with Crippen LogP contribution in [0.25, 0.3) is 0 Å². The van der Waals surface area contributed by atoms with Crippen molar-refractivity contribution >= 4 is 0 Å². The zero-order valence-electron chi connectivity index (χ0n) is 9.83. The topological polar surface area (TPSA) is 51.0 Å². The summed E-state index contributed by atoms with van der Waals surface area (Å²) in [4.78, 5) is 4.51. The van der Waals surface area contributed by atoms with Crippen LogP contribution in [-0.4, -0.2) is 23.2 Å². The summed E-state index contributed by atoms with van der Waals surface area (Å²) in [7, 11) is 0. The van der Waals surface area contributed by atoms with Crippen LogP contribution in [0.15, 0.2) is 4.52 Å². The second-order valence-electron chi connectivity index (χ2n) is 5.16. The molecule has 0 unspecified atom stereocenters. The molecular formula is C12H19N3O.